The van der Waals surface area contributed by atoms with Crippen molar-refractivity contribution in [3.05, 3.63) is 90.5 Å². The van der Waals surface area contributed by atoms with E-state index in [4.69, 9.17) is 5.73 Å². The van der Waals surface area contributed by atoms with E-state index in [1.54, 1.807) is 30.6 Å². The van der Waals surface area contributed by atoms with Crippen LogP contribution in [0.3, 0.4) is 0 Å². The van der Waals surface area contributed by atoms with Crippen LogP contribution >= 0.6 is 0 Å². The normalized spacial score (nSPS) is 11.2. The molecule has 3 aromatic heterocycles. The van der Waals surface area contributed by atoms with Gasteiger partial charge in [-0.1, -0.05) is 18.2 Å². The molecule has 0 aliphatic carbocycles. The first-order chi connectivity index (χ1) is 17.5. The van der Waals surface area contributed by atoms with Gasteiger partial charge in [0.05, 0.1) is 24.5 Å². The number of phenols is 2. The zero-order valence-corrected chi connectivity index (χ0v) is 19.0. The molecule has 178 valence electrons. The van der Waals surface area contributed by atoms with Gasteiger partial charge in [-0.3, -0.25) is 9.97 Å². The van der Waals surface area contributed by atoms with E-state index < -0.39 is 0 Å². The fourth-order valence-electron chi connectivity index (χ4n) is 3.62. The first kappa shape index (κ1) is 22.6. The summed E-state index contributed by atoms with van der Waals surface area (Å²) in [4.78, 5) is 23.5. The highest BCUT2D eigenvalue weighted by atomic mass is 16.3. The molecular weight excluding hydrogens is 458 g/mol. The average Bonchev–Trinajstić information content (AvgIpc) is 2.89. The molecule has 0 aliphatic rings. The number of nitrogens with two attached hydrogens (primary N) is 1. The van der Waals surface area contributed by atoms with Crippen molar-refractivity contribution in [2.45, 2.75) is 13.1 Å². The van der Waals surface area contributed by atoms with Crippen LogP contribution in [0.25, 0.3) is 10.8 Å². The third-order valence-electron chi connectivity index (χ3n) is 5.26. The molecular formula is C25H21N9O2. The number of pyridine rings is 2. The van der Waals surface area contributed by atoms with E-state index in [1.165, 1.54) is 12.1 Å². The zero-order chi connectivity index (χ0) is 24.9. The number of nitrogen functional groups attached to an aromatic ring is 1. The average molecular weight is 480 g/mol. The Labute approximate surface area is 205 Å². The van der Waals surface area contributed by atoms with Crippen molar-refractivity contribution in [2.75, 3.05) is 10.6 Å². The summed E-state index contributed by atoms with van der Waals surface area (Å²) in [5.74, 6) is 0.241. The van der Waals surface area contributed by atoms with Crippen molar-refractivity contribution in [3.63, 3.8) is 0 Å². The van der Waals surface area contributed by atoms with Crippen molar-refractivity contribution >= 4 is 34.3 Å². The molecule has 11 heteroatoms. The number of hydrogen-bond acceptors (Lipinski definition) is 11. The summed E-state index contributed by atoms with van der Waals surface area (Å²) in [5.41, 5.74) is 7.82. The van der Waals surface area contributed by atoms with Crippen molar-refractivity contribution in [3.8, 4) is 11.5 Å². The topological polar surface area (TPSA) is 159 Å². The molecule has 2 aromatic carbocycles. The molecule has 0 saturated heterocycles. The molecule has 0 amide bonds. The number of aromatic nitrogens is 5. The van der Waals surface area contributed by atoms with E-state index in [0.29, 0.717) is 23.9 Å². The number of azo groups is 1. The number of fused-ring (bicyclic) bond motifs is 1. The highest BCUT2D eigenvalue weighted by Gasteiger charge is 2.16. The fourth-order valence-corrected chi connectivity index (χ4v) is 3.62. The summed E-state index contributed by atoms with van der Waals surface area (Å²) in [6, 6.07) is 19.2. The molecule has 0 atom stereocenters. The van der Waals surface area contributed by atoms with Crippen LogP contribution in [0.1, 0.15) is 11.4 Å². The monoisotopic (exact) mass is 479 g/mol. The lowest BCUT2D eigenvalue weighted by atomic mass is 10.1. The highest BCUT2D eigenvalue weighted by Crippen LogP contribution is 2.37. The van der Waals surface area contributed by atoms with Crippen LogP contribution < -0.4 is 10.6 Å². The van der Waals surface area contributed by atoms with Crippen LogP contribution in [0.4, 0.5) is 23.5 Å². The number of phenolic OH excluding ortho intramolecular Hbond substituents is 2. The van der Waals surface area contributed by atoms with Gasteiger partial charge in [0, 0.05) is 17.8 Å². The van der Waals surface area contributed by atoms with Gasteiger partial charge in [0.1, 0.15) is 17.2 Å². The van der Waals surface area contributed by atoms with E-state index in [1.807, 2.05) is 41.3 Å². The third kappa shape index (κ3) is 5.14. The van der Waals surface area contributed by atoms with Crippen LogP contribution in [-0.2, 0) is 13.1 Å². The van der Waals surface area contributed by atoms with Crippen LogP contribution in [-0.4, -0.2) is 35.1 Å². The Morgan fingerprint density at radius 2 is 1.50 bits per heavy atom. The van der Waals surface area contributed by atoms with Crippen molar-refractivity contribution in [1.82, 2.24) is 24.9 Å². The quantitative estimate of drug-likeness (QED) is 0.287. The van der Waals surface area contributed by atoms with E-state index in [2.05, 4.69) is 35.1 Å². The van der Waals surface area contributed by atoms with Crippen LogP contribution in [0.15, 0.2) is 89.4 Å². The van der Waals surface area contributed by atoms with Crippen molar-refractivity contribution < 1.29 is 10.2 Å². The standard InChI is InChI=1S/C25H21N9O2/c26-23-29-24(33-32-22-20-9-8-19(35)13-16(20)7-10-21(22)36)31-25(30-23)34(14-17-5-1-3-11-27-17)15-18-6-2-4-12-28-18/h1-13,35-36H,14-15H2,(H2,26,29,30,31)/b33-32+. The lowest BCUT2D eigenvalue weighted by molar-refractivity contribution is 0.474. The summed E-state index contributed by atoms with van der Waals surface area (Å²) in [6.45, 7) is 0.788. The van der Waals surface area contributed by atoms with E-state index in [-0.39, 0.29) is 35.0 Å². The number of hydrogen-bond donors (Lipinski definition) is 3. The minimum atomic E-state index is -0.0777. The molecule has 0 aliphatic heterocycles. The summed E-state index contributed by atoms with van der Waals surface area (Å²) in [5, 5.41) is 29.7. The molecule has 4 N–H and O–H groups in total. The molecule has 36 heavy (non-hydrogen) atoms. The van der Waals surface area contributed by atoms with Gasteiger partial charge in [-0.2, -0.15) is 15.0 Å². The Kier molecular flexibility index (Phi) is 6.26. The zero-order valence-electron chi connectivity index (χ0n) is 19.0. The van der Waals surface area contributed by atoms with Crippen molar-refractivity contribution in [2.24, 2.45) is 10.2 Å². The van der Waals surface area contributed by atoms with Gasteiger partial charge in [0.2, 0.25) is 11.9 Å². The number of aromatic hydroxyl groups is 2. The van der Waals surface area contributed by atoms with Crippen molar-refractivity contribution in [1.29, 1.82) is 0 Å². The first-order valence-electron chi connectivity index (χ1n) is 11.0. The molecule has 11 nitrogen and oxygen atoms in total. The minimum absolute atomic E-state index is 0.0280. The molecule has 3 heterocycles. The molecule has 0 bridgehead atoms. The van der Waals surface area contributed by atoms with Gasteiger partial charge in [-0.15, -0.1) is 10.2 Å². The van der Waals surface area contributed by atoms with Gasteiger partial charge >= 0.3 is 0 Å². The van der Waals surface area contributed by atoms with Gasteiger partial charge < -0.3 is 20.8 Å². The van der Waals surface area contributed by atoms with Gasteiger partial charge in [-0.05, 0) is 53.9 Å². The third-order valence-corrected chi connectivity index (χ3v) is 5.26. The maximum atomic E-state index is 10.4. The number of anilines is 2. The van der Waals surface area contributed by atoms with Gasteiger partial charge in [-0.25, -0.2) is 0 Å². The SMILES string of the molecule is Nc1nc(/N=N/c2c(O)ccc3cc(O)ccc23)nc(N(Cc2ccccn2)Cc2ccccn2)n1. The molecule has 5 rings (SSSR count). The molecule has 0 fully saturated rings. The van der Waals surface area contributed by atoms with Gasteiger partial charge in [0.25, 0.3) is 5.95 Å². The largest absolute Gasteiger partial charge is 0.508 e. The Morgan fingerprint density at radius 3 is 2.17 bits per heavy atom. The Hall–Kier alpha value is -5.19. The number of rotatable bonds is 7. The fraction of sp³-hybridized carbons (Fsp3) is 0.0800. The molecule has 5 aromatic rings. The number of nitrogens with zero attached hydrogens (tertiary/aromatic N) is 8. The molecule has 0 spiro atoms. The van der Waals surface area contributed by atoms with E-state index >= 15 is 0 Å². The summed E-state index contributed by atoms with van der Waals surface area (Å²) < 4.78 is 0. The smallest absolute Gasteiger partial charge is 0.275 e. The Bertz CT molecular complexity index is 1490. The second-order valence-electron chi connectivity index (χ2n) is 7.83. The molecule has 0 saturated carbocycles. The number of benzene rings is 2. The molecule has 0 unspecified atom stereocenters. The van der Waals surface area contributed by atoms with Gasteiger partial charge in [0.15, 0.2) is 0 Å². The maximum absolute atomic E-state index is 10.4. The second-order valence-corrected chi connectivity index (χ2v) is 7.83. The second kappa shape index (κ2) is 9.97. The Morgan fingerprint density at radius 1 is 0.778 bits per heavy atom. The predicted molar refractivity (Wildman–Crippen MR) is 134 cm³/mol. The van der Waals surface area contributed by atoms with E-state index in [0.717, 1.165) is 11.4 Å². The molecule has 0 radical (unpaired) electrons. The van der Waals surface area contributed by atoms with Crippen LogP contribution in [0, 0.1) is 0 Å². The van der Waals surface area contributed by atoms with Crippen LogP contribution in [0.2, 0.25) is 0 Å². The maximum Gasteiger partial charge on any atom is 0.275 e. The minimum Gasteiger partial charge on any atom is -0.508 e. The van der Waals surface area contributed by atoms with Crippen LogP contribution in [0.5, 0.6) is 11.5 Å². The lowest BCUT2D eigenvalue weighted by Gasteiger charge is -2.22. The summed E-state index contributed by atoms with van der Waals surface area (Å²) in [6.07, 6.45) is 3.43. The first-order valence-corrected chi connectivity index (χ1v) is 11.0. The summed E-state index contributed by atoms with van der Waals surface area (Å²) in [7, 11) is 0. The predicted octanol–water partition coefficient (Wildman–Crippen LogP) is 4.43. The summed E-state index contributed by atoms with van der Waals surface area (Å²) >= 11 is 0. The Balaban J connectivity index is 1.50. The highest BCUT2D eigenvalue weighted by molar-refractivity contribution is 5.95. The van der Waals surface area contributed by atoms with E-state index in [9.17, 15) is 10.2 Å². The lowest BCUT2D eigenvalue weighted by Crippen LogP contribution is -2.25.